The van der Waals surface area contributed by atoms with Crippen LogP contribution >= 0.6 is 0 Å². The van der Waals surface area contributed by atoms with Crippen LogP contribution in [0.25, 0.3) is 0 Å². The number of nitrogens with one attached hydrogen (secondary N) is 1. The minimum atomic E-state index is -0.803. The highest BCUT2D eigenvalue weighted by Crippen LogP contribution is 2.34. The van der Waals surface area contributed by atoms with Gasteiger partial charge in [0, 0.05) is 13.0 Å². The molecule has 1 aliphatic rings. The Balaban J connectivity index is 2.84. The van der Waals surface area contributed by atoms with Crippen LogP contribution in [0.1, 0.15) is 33.1 Å². The van der Waals surface area contributed by atoms with Crippen LogP contribution in [0.15, 0.2) is 0 Å². The van der Waals surface area contributed by atoms with Gasteiger partial charge in [0.2, 0.25) is 0 Å². The Morgan fingerprint density at radius 1 is 1.64 bits per heavy atom. The van der Waals surface area contributed by atoms with E-state index in [-0.39, 0.29) is 5.60 Å². The number of aliphatic carboxylic acids is 1. The van der Waals surface area contributed by atoms with Crippen LogP contribution in [0.2, 0.25) is 0 Å². The molecule has 1 heterocycles. The van der Waals surface area contributed by atoms with E-state index in [1.807, 2.05) is 13.8 Å². The summed E-state index contributed by atoms with van der Waals surface area (Å²) >= 11 is 0. The minimum absolute atomic E-state index is 0.306. The van der Waals surface area contributed by atoms with E-state index in [2.05, 4.69) is 5.32 Å². The van der Waals surface area contributed by atoms with E-state index in [0.29, 0.717) is 19.4 Å². The summed E-state index contributed by atoms with van der Waals surface area (Å²) < 4.78 is 5.62. The Labute approximate surface area is 84.6 Å². The third-order valence-electron chi connectivity index (χ3n) is 3.29. The van der Waals surface area contributed by atoms with E-state index in [0.717, 1.165) is 6.42 Å². The summed E-state index contributed by atoms with van der Waals surface area (Å²) in [6.45, 7) is 4.51. The van der Waals surface area contributed by atoms with Gasteiger partial charge < -0.3 is 15.2 Å². The van der Waals surface area contributed by atoms with Crippen molar-refractivity contribution >= 4 is 5.97 Å². The van der Waals surface area contributed by atoms with E-state index in [1.165, 1.54) is 0 Å². The molecule has 1 aliphatic heterocycles. The van der Waals surface area contributed by atoms with Crippen molar-refractivity contribution in [3.05, 3.63) is 0 Å². The number of carbonyl (C=O) groups is 1. The topological polar surface area (TPSA) is 58.6 Å². The third-order valence-corrected chi connectivity index (χ3v) is 3.29. The standard InChI is InChI=1S/C10H19NO3/c1-4-9(2)7-10(11-3,8(12)13)5-6-14-9/h11H,4-7H2,1-3H3,(H,12,13). The minimum Gasteiger partial charge on any atom is -0.480 e. The number of ether oxygens (including phenoxy) is 1. The van der Waals surface area contributed by atoms with Crippen molar-refractivity contribution in [1.29, 1.82) is 0 Å². The molecule has 0 radical (unpaired) electrons. The molecular formula is C10H19NO3. The zero-order valence-corrected chi connectivity index (χ0v) is 9.09. The molecule has 0 spiro atoms. The molecule has 4 heteroatoms. The van der Waals surface area contributed by atoms with E-state index in [1.54, 1.807) is 7.05 Å². The van der Waals surface area contributed by atoms with Gasteiger partial charge in [-0.2, -0.15) is 0 Å². The zero-order chi connectivity index (χ0) is 10.8. The van der Waals surface area contributed by atoms with Crippen LogP contribution in [0.5, 0.6) is 0 Å². The maximum absolute atomic E-state index is 11.2. The molecule has 82 valence electrons. The Morgan fingerprint density at radius 2 is 2.29 bits per heavy atom. The number of carboxylic acids is 1. The Hall–Kier alpha value is -0.610. The smallest absolute Gasteiger partial charge is 0.324 e. The van der Waals surface area contributed by atoms with Crippen molar-refractivity contribution in [3.63, 3.8) is 0 Å². The van der Waals surface area contributed by atoms with Gasteiger partial charge in [-0.05, 0) is 26.8 Å². The largest absolute Gasteiger partial charge is 0.480 e. The molecule has 0 aromatic carbocycles. The third kappa shape index (κ3) is 1.91. The first-order valence-corrected chi connectivity index (χ1v) is 5.04. The maximum Gasteiger partial charge on any atom is 0.324 e. The van der Waals surface area contributed by atoms with Gasteiger partial charge in [-0.25, -0.2) is 0 Å². The summed E-state index contributed by atoms with van der Waals surface area (Å²) in [5.74, 6) is -0.775. The number of hydrogen-bond donors (Lipinski definition) is 2. The van der Waals surface area contributed by atoms with Crippen LogP contribution < -0.4 is 5.32 Å². The van der Waals surface area contributed by atoms with Gasteiger partial charge in [-0.1, -0.05) is 6.92 Å². The molecule has 1 rings (SSSR count). The zero-order valence-electron chi connectivity index (χ0n) is 9.09. The summed E-state index contributed by atoms with van der Waals surface area (Å²) in [6, 6.07) is 0. The summed E-state index contributed by atoms with van der Waals surface area (Å²) in [5, 5.41) is 12.1. The van der Waals surface area contributed by atoms with Crippen LogP contribution in [0.4, 0.5) is 0 Å². The molecule has 0 amide bonds. The van der Waals surface area contributed by atoms with E-state index in [4.69, 9.17) is 4.74 Å². The first-order valence-electron chi connectivity index (χ1n) is 5.04. The molecule has 0 aromatic rings. The van der Waals surface area contributed by atoms with Crippen molar-refractivity contribution in [2.45, 2.75) is 44.2 Å². The monoisotopic (exact) mass is 201 g/mol. The quantitative estimate of drug-likeness (QED) is 0.715. The Morgan fingerprint density at radius 3 is 2.71 bits per heavy atom. The highest BCUT2D eigenvalue weighted by molar-refractivity contribution is 5.79. The highest BCUT2D eigenvalue weighted by Gasteiger charge is 2.46. The molecule has 1 fully saturated rings. The van der Waals surface area contributed by atoms with Crippen molar-refractivity contribution < 1.29 is 14.6 Å². The lowest BCUT2D eigenvalue weighted by Crippen LogP contribution is -2.59. The summed E-state index contributed by atoms with van der Waals surface area (Å²) in [7, 11) is 1.70. The average molecular weight is 201 g/mol. The van der Waals surface area contributed by atoms with Crippen molar-refractivity contribution in [3.8, 4) is 0 Å². The summed E-state index contributed by atoms with van der Waals surface area (Å²) in [6.07, 6.45) is 1.90. The SMILES string of the molecule is CCC1(C)CC(NC)(C(=O)O)CCO1. The molecule has 4 nitrogen and oxygen atoms in total. The van der Waals surface area contributed by atoms with Gasteiger partial charge in [0.05, 0.1) is 5.60 Å². The number of carboxylic acid groups (broad SMARTS) is 1. The van der Waals surface area contributed by atoms with Crippen LogP contribution in [-0.2, 0) is 9.53 Å². The first kappa shape index (κ1) is 11.5. The van der Waals surface area contributed by atoms with E-state index < -0.39 is 11.5 Å². The van der Waals surface area contributed by atoms with Crippen LogP contribution in [0.3, 0.4) is 0 Å². The second-order valence-corrected chi connectivity index (χ2v) is 4.22. The van der Waals surface area contributed by atoms with Gasteiger partial charge in [0.15, 0.2) is 0 Å². The molecule has 0 aromatic heterocycles. The summed E-state index contributed by atoms with van der Waals surface area (Å²) in [5.41, 5.74) is -1.11. The average Bonchev–Trinajstić information content (AvgIpc) is 2.17. The van der Waals surface area contributed by atoms with E-state index in [9.17, 15) is 9.90 Å². The molecule has 14 heavy (non-hydrogen) atoms. The van der Waals surface area contributed by atoms with Crippen LogP contribution in [-0.4, -0.2) is 35.9 Å². The second kappa shape index (κ2) is 3.87. The van der Waals surface area contributed by atoms with Crippen molar-refractivity contribution in [2.24, 2.45) is 0 Å². The number of hydrogen-bond acceptors (Lipinski definition) is 3. The molecule has 1 saturated heterocycles. The van der Waals surface area contributed by atoms with Gasteiger partial charge in [0.1, 0.15) is 5.54 Å². The summed E-state index contributed by atoms with van der Waals surface area (Å²) in [4.78, 5) is 11.2. The molecule has 2 atom stereocenters. The molecule has 2 N–H and O–H groups in total. The number of rotatable bonds is 3. The normalized spacial score (nSPS) is 38.2. The van der Waals surface area contributed by atoms with E-state index >= 15 is 0 Å². The second-order valence-electron chi connectivity index (χ2n) is 4.22. The van der Waals surface area contributed by atoms with Gasteiger partial charge in [-0.3, -0.25) is 4.79 Å². The van der Waals surface area contributed by atoms with Gasteiger partial charge >= 0.3 is 5.97 Å². The molecular weight excluding hydrogens is 182 g/mol. The number of likely N-dealkylation sites (N-methyl/N-ethyl adjacent to an activating group) is 1. The predicted molar refractivity (Wildman–Crippen MR) is 53.3 cm³/mol. The fourth-order valence-electron chi connectivity index (χ4n) is 1.98. The molecule has 0 bridgehead atoms. The maximum atomic E-state index is 11.2. The Kier molecular flexibility index (Phi) is 3.17. The Bertz CT molecular complexity index is 231. The predicted octanol–water partition coefficient (Wildman–Crippen LogP) is 1.01. The lowest BCUT2D eigenvalue weighted by atomic mass is 9.79. The fourth-order valence-corrected chi connectivity index (χ4v) is 1.98. The van der Waals surface area contributed by atoms with Crippen molar-refractivity contribution in [2.75, 3.05) is 13.7 Å². The van der Waals surface area contributed by atoms with Crippen molar-refractivity contribution in [1.82, 2.24) is 5.32 Å². The highest BCUT2D eigenvalue weighted by atomic mass is 16.5. The van der Waals surface area contributed by atoms with Gasteiger partial charge in [0.25, 0.3) is 0 Å². The lowest BCUT2D eigenvalue weighted by molar-refractivity contribution is -0.159. The molecule has 2 unspecified atom stereocenters. The first-order chi connectivity index (χ1) is 6.48. The lowest BCUT2D eigenvalue weighted by Gasteiger charge is -2.43. The van der Waals surface area contributed by atoms with Crippen LogP contribution in [0, 0.1) is 0 Å². The fraction of sp³-hybridized carbons (Fsp3) is 0.900. The van der Waals surface area contributed by atoms with Gasteiger partial charge in [-0.15, -0.1) is 0 Å². The molecule has 0 saturated carbocycles. The molecule has 0 aliphatic carbocycles.